The highest BCUT2D eigenvalue weighted by Gasteiger charge is 2.07. The SMILES string of the molecule is O=c1c2ccccc2sc2cc(-c3cccc(O)c3)ccc12. The van der Waals surface area contributed by atoms with E-state index in [9.17, 15) is 9.90 Å². The summed E-state index contributed by atoms with van der Waals surface area (Å²) in [5.41, 5.74) is 2.01. The zero-order chi connectivity index (χ0) is 15.1. The molecule has 4 rings (SSSR count). The van der Waals surface area contributed by atoms with Crippen molar-refractivity contribution in [2.24, 2.45) is 0 Å². The molecule has 0 radical (unpaired) electrons. The summed E-state index contributed by atoms with van der Waals surface area (Å²) in [6.45, 7) is 0. The molecule has 3 heteroatoms. The van der Waals surface area contributed by atoms with E-state index in [-0.39, 0.29) is 11.2 Å². The van der Waals surface area contributed by atoms with Crippen LogP contribution in [0.25, 0.3) is 31.3 Å². The maximum atomic E-state index is 12.6. The van der Waals surface area contributed by atoms with Crippen molar-refractivity contribution in [1.29, 1.82) is 0 Å². The second-order valence-electron chi connectivity index (χ2n) is 5.19. The molecule has 0 bridgehead atoms. The van der Waals surface area contributed by atoms with Crippen molar-refractivity contribution < 1.29 is 5.11 Å². The Morgan fingerprint density at radius 2 is 1.50 bits per heavy atom. The lowest BCUT2D eigenvalue weighted by atomic mass is 10.0. The number of hydrogen-bond acceptors (Lipinski definition) is 3. The van der Waals surface area contributed by atoms with Crippen LogP contribution in [0.15, 0.2) is 71.5 Å². The van der Waals surface area contributed by atoms with Crippen LogP contribution < -0.4 is 5.43 Å². The first-order valence-electron chi connectivity index (χ1n) is 6.97. The molecule has 0 fully saturated rings. The molecular weight excluding hydrogens is 292 g/mol. The largest absolute Gasteiger partial charge is 0.508 e. The molecule has 0 aliphatic rings. The summed E-state index contributed by atoms with van der Waals surface area (Å²) in [6, 6.07) is 20.7. The van der Waals surface area contributed by atoms with Crippen LogP contribution in [0.5, 0.6) is 5.75 Å². The third-order valence-electron chi connectivity index (χ3n) is 3.76. The van der Waals surface area contributed by atoms with Gasteiger partial charge < -0.3 is 5.11 Å². The predicted octanol–water partition coefficient (Wildman–Crippen LogP) is 4.79. The van der Waals surface area contributed by atoms with Crippen LogP contribution in [-0.4, -0.2) is 5.11 Å². The first kappa shape index (κ1) is 13.0. The minimum absolute atomic E-state index is 0.0757. The number of aromatic hydroxyl groups is 1. The van der Waals surface area contributed by atoms with E-state index < -0.39 is 0 Å². The summed E-state index contributed by atoms with van der Waals surface area (Å²) >= 11 is 1.62. The lowest BCUT2D eigenvalue weighted by molar-refractivity contribution is 0.475. The molecule has 0 aliphatic heterocycles. The van der Waals surface area contributed by atoms with Crippen LogP contribution in [0.1, 0.15) is 0 Å². The van der Waals surface area contributed by atoms with E-state index in [4.69, 9.17) is 0 Å². The number of phenols is 1. The summed E-state index contributed by atoms with van der Waals surface area (Å²) in [5.74, 6) is 0.240. The minimum atomic E-state index is 0.0757. The van der Waals surface area contributed by atoms with Crippen molar-refractivity contribution in [3.8, 4) is 16.9 Å². The predicted molar refractivity (Wildman–Crippen MR) is 92.7 cm³/mol. The molecule has 3 aromatic carbocycles. The van der Waals surface area contributed by atoms with Gasteiger partial charge in [0.05, 0.1) is 0 Å². The Bertz CT molecular complexity index is 1060. The van der Waals surface area contributed by atoms with E-state index >= 15 is 0 Å². The second kappa shape index (κ2) is 4.97. The second-order valence-corrected chi connectivity index (χ2v) is 6.27. The average molecular weight is 304 g/mol. The monoisotopic (exact) mass is 304 g/mol. The molecule has 1 N–H and O–H groups in total. The molecule has 4 aromatic rings. The number of hydrogen-bond donors (Lipinski definition) is 1. The first-order valence-corrected chi connectivity index (χ1v) is 7.79. The van der Waals surface area contributed by atoms with Gasteiger partial charge in [-0.2, -0.15) is 0 Å². The van der Waals surface area contributed by atoms with Gasteiger partial charge in [-0.1, -0.05) is 30.3 Å². The topological polar surface area (TPSA) is 37.3 Å². The number of phenolic OH excluding ortho intramolecular Hbond substituents is 1. The third-order valence-corrected chi connectivity index (χ3v) is 4.89. The van der Waals surface area contributed by atoms with Crippen molar-refractivity contribution in [3.63, 3.8) is 0 Å². The van der Waals surface area contributed by atoms with Gasteiger partial charge >= 0.3 is 0 Å². The van der Waals surface area contributed by atoms with Gasteiger partial charge in [0.2, 0.25) is 0 Å². The van der Waals surface area contributed by atoms with Crippen LogP contribution in [0.2, 0.25) is 0 Å². The fraction of sp³-hybridized carbons (Fsp3) is 0. The lowest BCUT2D eigenvalue weighted by Gasteiger charge is -2.05. The van der Waals surface area contributed by atoms with Gasteiger partial charge in [-0.3, -0.25) is 4.79 Å². The Morgan fingerprint density at radius 1 is 0.727 bits per heavy atom. The van der Waals surface area contributed by atoms with Gasteiger partial charge in [0.1, 0.15) is 5.75 Å². The van der Waals surface area contributed by atoms with Gasteiger partial charge in [0.25, 0.3) is 0 Å². The Labute approximate surface area is 130 Å². The van der Waals surface area contributed by atoms with E-state index in [2.05, 4.69) is 0 Å². The summed E-state index contributed by atoms with van der Waals surface area (Å²) in [7, 11) is 0. The van der Waals surface area contributed by atoms with E-state index in [0.717, 1.165) is 31.3 Å². The summed E-state index contributed by atoms with van der Waals surface area (Å²) in [5, 5.41) is 11.1. The Kier molecular flexibility index (Phi) is 2.94. The zero-order valence-electron chi connectivity index (χ0n) is 11.6. The molecule has 0 spiro atoms. The van der Waals surface area contributed by atoms with Crippen molar-refractivity contribution in [2.75, 3.05) is 0 Å². The Hall–Kier alpha value is -2.65. The van der Waals surface area contributed by atoms with E-state index in [1.807, 2.05) is 54.6 Å². The van der Waals surface area contributed by atoms with Crippen LogP contribution in [-0.2, 0) is 0 Å². The van der Waals surface area contributed by atoms with Crippen LogP contribution in [0, 0.1) is 0 Å². The summed E-state index contributed by atoms with van der Waals surface area (Å²) < 4.78 is 1.96. The van der Waals surface area contributed by atoms with Crippen molar-refractivity contribution in [3.05, 3.63) is 77.0 Å². The van der Waals surface area contributed by atoms with E-state index in [0.29, 0.717) is 0 Å². The number of rotatable bonds is 1. The standard InChI is InChI=1S/C19H12O2S/c20-14-5-3-4-12(10-14)13-8-9-16-18(11-13)22-17-7-2-1-6-15(17)19(16)21/h1-11,20H. The fourth-order valence-corrected chi connectivity index (χ4v) is 3.78. The quantitative estimate of drug-likeness (QED) is 0.513. The molecule has 0 saturated carbocycles. The number of benzene rings is 3. The molecule has 0 aliphatic carbocycles. The van der Waals surface area contributed by atoms with Gasteiger partial charge in [0, 0.05) is 20.2 Å². The highest BCUT2D eigenvalue weighted by Crippen LogP contribution is 2.30. The highest BCUT2D eigenvalue weighted by molar-refractivity contribution is 7.24. The molecule has 0 atom stereocenters. The van der Waals surface area contributed by atoms with Gasteiger partial charge in [-0.25, -0.2) is 0 Å². The Morgan fingerprint density at radius 3 is 2.36 bits per heavy atom. The van der Waals surface area contributed by atoms with Crippen molar-refractivity contribution in [2.45, 2.75) is 0 Å². The van der Waals surface area contributed by atoms with Gasteiger partial charge in [0.15, 0.2) is 5.43 Å². The molecule has 22 heavy (non-hydrogen) atoms. The maximum Gasteiger partial charge on any atom is 0.195 e. The minimum Gasteiger partial charge on any atom is -0.508 e. The van der Waals surface area contributed by atoms with Crippen LogP contribution >= 0.6 is 11.3 Å². The smallest absolute Gasteiger partial charge is 0.195 e. The van der Waals surface area contributed by atoms with Crippen molar-refractivity contribution in [1.82, 2.24) is 0 Å². The van der Waals surface area contributed by atoms with E-state index in [1.165, 1.54) is 0 Å². The fourth-order valence-electron chi connectivity index (χ4n) is 2.67. The lowest BCUT2D eigenvalue weighted by Crippen LogP contribution is -2.00. The van der Waals surface area contributed by atoms with Crippen molar-refractivity contribution >= 4 is 31.5 Å². The van der Waals surface area contributed by atoms with Gasteiger partial charge in [-0.05, 0) is 47.5 Å². The molecule has 1 heterocycles. The summed E-state index contributed by atoms with van der Waals surface area (Å²) in [4.78, 5) is 12.6. The Balaban J connectivity index is 2.02. The molecule has 0 saturated heterocycles. The van der Waals surface area contributed by atoms with Gasteiger partial charge in [-0.15, -0.1) is 11.3 Å². The van der Waals surface area contributed by atoms with Crippen LogP contribution in [0.3, 0.4) is 0 Å². The zero-order valence-corrected chi connectivity index (χ0v) is 12.4. The molecule has 0 amide bonds. The van der Waals surface area contributed by atoms with Crippen LogP contribution in [0.4, 0.5) is 0 Å². The molecule has 2 nitrogen and oxygen atoms in total. The van der Waals surface area contributed by atoms with E-state index in [1.54, 1.807) is 23.5 Å². The molecule has 106 valence electrons. The molecule has 0 unspecified atom stereocenters. The normalized spacial score (nSPS) is 11.1. The summed E-state index contributed by atoms with van der Waals surface area (Å²) in [6.07, 6.45) is 0. The first-order chi connectivity index (χ1) is 10.7. The third kappa shape index (κ3) is 2.07. The molecular formula is C19H12O2S. The maximum absolute atomic E-state index is 12.6. The number of fused-ring (bicyclic) bond motifs is 2. The molecule has 1 aromatic heterocycles. The highest BCUT2D eigenvalue weighted by atomic mass is 32.1. The average Bonchev–Trinajstić information content (AvgIpc) is 2.55.